The highest BCUT2D eigenvalue weighted by molar-refractivity contribution is 7.99. The molecule has 0 saturated heterocycles. The van der Waals surface area contributed by atoms with Crippen molar-refractivity contribution in [3.05, 3.63) is 58.6 Å². The third-order valence-corrected chi connectivity index (χ3v) is 4.56. The number of anilines is 1. The van der Waals surface area contributed by atoms with Crippen LogP contribution in [0, 0.1) is 0 Å². The first-order valence-corrected chi connectivity index (χ1v) is 9.05. The summed E-state index contributed by atoms with van der Waals surface area (Å²) in [6.45, 7) is 1.90. The van der Waals surface area contributed by atoms with Gasteiger partial charge in [0.25, 0.3) is 0 Å². The number of nitrogens with one attached hydrogen (secondary N) is 1. The van der Waals surface area contributed by atoms with Crippen LogP contribution in [0.15, 0.2) is 47.6 Å². The highest BCUT2D eigenvalue weighted by Gasteiger charge is 2.08. The molecule has 0 saturated carbocycles. The Bertz CT molecular complexity index is 781. The normalized spacial score (nSPS) is 11.2. The van der Waals surface area contributed by atoms with Crippen molar-refractivity contribution in [2.24, 2.45) is 5.10 Å². The minimum Gasteiger partial charge on any atom is -0.496 e. The molecule has 0 spiro atoms. The Balaban J connectivity index is 2.14. The van der Waals surface area contributed by atoms with Crippen molar-refractivity contribution < 1.29 is 14.6 Å². The maximum atomic E-state index is 10.7. The molecule has 0 bridgehead atoms. The van der Waals surface area contributed by atoms with Gasteiger partial charge in [0.05, 0.1) is 24.3 Å². The molecule has 0 atom stereocenters. The van der Waals surface area contributed by atoms with E-state index in [2.05, 4.69) is 10.5 Å². The molecule has 7 heteroatoms. The zero-order valence-electron chi connectivity index (χ0n) is 14.0. The van der Waals surface area contributed by atoms with Crippen LogP contribution >= 0.6 is 23.4 Å². The van der Waals surface area contributed by atoms with Gasteiger partial charge in [-0.25, -0.2) is 0 Å². The number of benzene rings is 2. The van der Waals surface area contributed by atoms with Crippen molar-refractivity contribution in [1.82, 2.24) is 0 Å². The molecule has 2 N–H and O–H groups in total. The Morgan fingerprint density at radius 1 is 1.32 bits per heavy atom. The molecule has 0 aromatic heterocycles. The van der Waals surface area contributed by atoms with Gasteiger partial charge >= 0.3 is 5.97 Å². The van der Waals surface area contributed by atoms with E-state index in [1.165, 1.54) is 11.8 Å². The van der Waals surface area contributed by atoms with E-state index in [1.54, 1.807) is 19.2 Å². The first-order chi connectivity index (χ1) is 12.0. The molecule has 0 aliphatic heterocycles. The van der Waals surface area contributed by atoms with Gasteiger partial charge in [0.15, 0.2) is 0 Å². The predicted octanol–water partition coefficient (Wildman–Crippen LogP) is 4.50. The third-order valence-electron chi connectivity index (χ3n) is 3.36. The lowest BCUT2D eigenvalue weighted by Gasteiger charge is -2.11. The number of carboxylic acid groups (broad SMARTS) is 1. The quantitative estimate of drug-likeness (QED) is 0.522. The maximum Gasteiger partial charge on any atom is 0.313 e. The van der Waals surface area contributed by atoms with E-state index in [0.29, 0.717) is 10.8 Å². The average molecular weight is 379 g/mol. The fourth-order valence-corrected chi connectivity index (χ4v) is 3.05. The van der Waals surface area contributed by atoms with Crippen LogP contribution < -0.4 is 10.2 Å². The standard InChI is InChI=1S/C18H19ClN2O3S/c1-12(20-21-16-5-3-4-15(19)9-16)13-6-7-17(24-2)14(8-13)10-25-11-18(22)23/h3-9,21H,10-11H2,1-2H3,(H,22,23)/b20-12-. The molecule has 0 aliphatic carbocycles. The Hall–Kier alpha value is -2.18. The number of hydrazone groups is 1. The van der Waals surface area contributed by atoms with Gasteiger partial charge in [-0.15, -0.1) is 11.8 Å². The first kappa shape index (κ1) is 19.1. The lowest BCUT2D eigenvalue weighted by Crippen LogP contribution is -2.03. The molecule has 0 amide bonds. The number of rotatable bonds is 8. The number of carbonyl (C=O) groups is 1. The third kappa shape index (κ3) is 5.99. The van der Waals surface area contributed by atoms with E-state index < -0.39 is 5.97 Å². The topological polar surface area (TPSA) is 70.9 Å². The van der Waals surface area contributed by atoms with E-state index in [1.807, 2.05) is 37.3 Å². The van der Waals surface area contributed by atoms with Crippen LogP contribution in [0.25, 0.3) is 0 Å². The summed E-state index contributed by atoms with van der Waals surface area (Å²) in [5.41, 5.74) is 6.45. The number of carboxylic acids is 1. The van der Waals surface area contributed by atoms with Crippen LogP contribution in [0.4, 0.5) is 5.69 Å². The van der Waals surface area contributed by atoms with Crippen molar-refractivity contribution in [3.8, 4) is 5.75 Å². The number of hydrogen-bond acceptors (Lipinski definition) is 5. The predicted molar refractivity (Wildman–Crippen MR) is 104 cm³/mol. The monoisotopic (exact) mass is 378 g/mol. The summed E-state index contributed by atoms with van der Waals surface area (Å²) < 4.78 is 5.35. The van der Waals surface area contributed by atoms with Gasteiger partial charge in [-0.05, 0) is 48.9 Å². The van der Waals surface area contributed by atoms with Gasteiger partial charge in [0, 0.05) is 16.3 Å². The van der Waals surface area contributed by atoms with Crippen molar-refractivity contribution in [2.45, 2.75) is 12.7 Å². The van der Waals surface area contributed by atoms with E-state index >= 15 is 0 Å². The van der Waals surface area contributed by atoms with Crippen molar-refractivity contribution in [1.29, 1.82) is 0 Å². The summed E-state index contributed by atoms with van der Waals surface area (Å²) in [6, 6.07) is 13.1. The number of hydrogen-bond donors (Lipinski definition) is 2. The second kappa shape index (κ2) is 9.34. The van der Waals surface area contributed by atoms with E-state index in [9.17, 15) is 4.79 Å². The second-order valence-corrected chi connectivity index (χ2v) is 6.65. The molecule has 0 radical (unpaired) electrons. The maximum absolute atomic E-state index is 10.7. The molecule has 5 nitrogen and oxygen atoms in total. The van der Waals surface area contributed by atoms with Crippen molar-refractivity contribution in [3.63, 3.8) is 0 Å². The lowest BCUT2D eigenvalue weighted by atomic mass is 10.1. The molecule has 132 valence electrons. The molecule has 0 fully saturated rings. The summed E-state index contributed by atoms with van der Waals surface area (Å²) in [6.07, 6.45) is 0. The highest BCUT2D eigenvalue weighted by atomic mass is 35.5. The molecule has 2 aromatic carbocycles. The smallest absolute Gasteiger partial charge is 0.313 e. The molecular weight excluding hydrogens is 360 g/mol. The van der Waals surface area contributed by atoms with Crippen LogP contribution in [0.3, 0.4) is 0 Å². The Morgan fingerprint density at radius 3 is 2.80 bits per heavy atom. The summed E-state index contributed by atoms with van der Waals surface area (Å²) in [7, 11) is 1.60. The molecule has 2 aromatic rings. The Kier molecular flexibility index (Phi) is 7.16. The van der Waals surface area contributed by atoms with E-state index in [4.69, 9.17) is 21.4 Å². The zero-order chi connectivity index (χ0) is 18.2. The van der Waals surface area contributed by atoms with Gasteiger partial charge in [-0.1, -0.05) is 17.7 Å². The number of nitrogens with zero attached hydrogens (tertiary/aromatic N) is 1. The van der Waals surface area contributed by atoms with Crippen LogP contribution in [0.2, 0.25) is 5.02 Å². The van der Waals surface area contributed by atoms with Gasteiger partial charge in [-0.3, -0.25) is 10.2 Å². The number of aliphatic carboxylic acids is 1. The van der Waals surface area contributed by atoms with Gasteiger partial charge < -0.3 is 9.84 Å². The first-order valence-electron chi connectivity index (χ1n) is 7.52. The molecular formula is C18H19ClN2O3S. The molecule has 25 heavy (non-hydrogen) atoms. The largest absolute Gasteiger partial charge is 0.496 e. The fraction of sp³-hybridized carbons (Fsp3) is 0.222. The fourth-order valence-electron chi connectivity index (χ4n) is 2.14. The number of halogens is 1. The Labute approximate surface area is 156 Å². The van der Waals surface area contributed by atoms with Gasteiger partial charge in [0.2, 0.25) is 0 Å². The van der Waals surface area contributed by atoms with Crippen LogP contribution in [-0.4, -0.2) is 29.7 Å². The van der Waals surface area contributed by atoms with E-state index in [0.717, 1.165) is 28.3 Å². The summed E-state index contributed by atoms with van der Waals surface area (Å²) >= 11 is 7.28. The molecule has 2 rings (SSSR count). The van der Waals surface area contributed by atoms with Gasteiger partial charge in [-0.2, -0.15) is 5.10 Å². The zero-order valence-corrected chi connectivity index (χ0v) is 15.5. The van der Waals surface area contributed by atoms with Crippen molar-refractivity contribution in [2.75, 3.05) is 18.3 Å². The highest BCUT2D eigenvalue weighted by Crippen LogP contribution is 2.25. The number of methoxy groups -OCH3 is 1. The van der Waals surface area contributed by atoms with Crippen LogP contribution in [0.1, 0.15) is 18.1 Å². The molecule has 0 unspecified atom stereocenters. The molecule has 0 heterocycles. The second-order valence-electron chi connectivity index (χ2n) is 5.23. The summed E-state index contributed by atoms with van der Waals surface area (Å²) in [5.74, 6) is 0.510. The summed E-state index contributed by atoms with van der Waals surface area (Å²) in [4.78, 5) is 10.7. The van der Waals surface area contributed by atoms with Gasteiger partial charge in [0.1, 0.15) is 5.75 Å². The van der Waals surface area contributed by atoms with E-state index in [-0.39, 0.29) is 5.75 Å². The SMILES string of the molecule is COc1ccc(/C(C)=N\Nc2cccc(Cl)c2)cc1CSCC(=O)O. The minimum atomic E-state index is -0.830. The molecule has 0 aliphatic rings. The minimum absolute atomic E-state index is 0.0524. The average Bonchev–Trinajstić information content (AvgIpc) is 2.59. The Morgan fingerprint density at radius 2 is 2.12 bits per heavy atom. The lowest BCUT2D eigenvalue weighted by molar-refractivity contribution is -0.133. The van der Waals surface area contributed by atoms with Crippen LogP contribution in [-0.2, 0) is 10.5 Å². The number of ether oxygens (including phenoxy) is 1. The number of thioether (sulfide) groups is 1. The van der Waals surface area contributed by atoms with Crippen LogP contribution in [0.5, 0.6) is 5.75 Å². The summed E-state index contributed by atoms with van der Waals surface area (Å²) in [5, 5.41) is 13.8. The van der Waals surface area contributed by atoms with Crippen molar-refractivity contribution >= 4 is 40.7 Å².